The summed E-state index contributed by atoms with van der Waals surface area (Å²) in [5, 5.41) is 12.7. The Bertz CT molecular complexity index is 845. The highest BCUT2D eigenvalue weighted by atomic mass is 32.1. The zero-order chi connectivity index (χ0) is 18.2. The summed E-state index contributed by atoms with van der Waals surface area (Å²) in [7, 11) is 0. The second kappa shape index (κ2) is 9.25. The van der Waals surface area contributed by atoms with Gasteiger partial charge in [-0.1, -0.05) is 79.6 Å². The van der Waals surface area contributed by atoms with Crippen LogP contribution < -0.4 is 5.32 Å². The lowest BCUT2D eigenvalue weighted by Crippen LogP contribution is -2.14. The number of hydrogen-bond acceptors (Lipinski definition) is 4. The lowest BCUT2D eigenvalue weighted by molar-refractivity contribution is 0.102. The number of nitrogens with zero attached hydrogens (tertiary/aromatic N) is 2. The predicted octanol–water partition coefficient (Wildman–Crippen LogP) is 5.11. The van der Waals surface area contributed by atoms with Crippen molar-refractivity contribution in [1.82, 2.24) is 10.2 Å². The van der Waals surface area contributed by atoms with Gasteiger partial charge in [0.25, 0.3) is 5.91 Å². The Morgan fingerprint density at radius 2 is 1.77 bits per heavy atom. The summed E-state index contributed by atoms with van der Waals surface area (Å²) in [6.07, 6.45) is 5.13. The van der Waals surface area contributed by atoms with Crippen LogP contribution in [0.3, 0.4) is 0 Å². The van der Waals surface area contributed by atoms with E-state index in [0.29, 0.717) is 10.7 Å². The zero-order valence-electron chi connectivity index (χ0n) is 14.9. The topological polar surface area (TPSA) is 54.9 Å². The first-order chi connectivity index (χ1) is 12.8. The van der Waals surface area contributed by atoms with Crippen LogP contribution in [0.2, 0.25) is 0 Å². The van der Waals surface area contributed by atoms with Crippen LogP contribution in [0.25, 0.3) is 0 Å². The van der Waals surface area contributed by atoms with Crippen molar-refractivity contribution in [3.8, 4) is 0 Å². The fourth-order valence-corrected chi connectivity index (χ4v) is 3.58. The van der Waals surface area contributed by atoms with Gasteiger partial charge in [-0.25, -0.2) is 0 Å². The highest BCUT2D eigenvalue weighted by Gasteiger charge is 2.14. The molecule has 1 amide bonds. The van der Waals surface area contributed by atoms with Gasteiger partial charge in [0.15, 0.2) is 0 Å². The summed E-state index contributed by atoms with van der Waals surface area (Å²) in [6.45, 7) is 2.18. The Labute approximate surface area is 158 Å². The van der Waals surface area contributed by atoms with Crippen molar-refractivity contribution < 1.29 is 4.79 Å². The van der Waals surface area contributed by atoms with E-state index in [-0.39, 0.29) is 5.91 Å². The number of aryl methyl sites for hydroxylation is 1. The van der Waals surface area contributed by atoms with Crippen molar-refractivity contribution in [3.63, 3.8) is 0 Å². The van der Waals surface area contributed by atoms with E-state index < -0.39 is 0 Å². The van der Waals surface area contributed by atoms with Crippen molar-refractivity contribution in [1.29, 1.82) is 0 Å². The van der Waals surface area contributed by atoms with E-state index in [1.165, 1.54) is 29.7 Å². The summed E-state index contributed by atoms with van der Waals surface area (Å²) in [5.41, 5.74) is 2.87. The molecule has 0 aliphatic rings. The van der Waals surface area contributed by atoms with Crippen LogP contribution in [-0.2, 0) is 12.8 Å². The molecule has 0 bridgehead atoms. The number of rotatable bonds is 8. The van der Waals surface area contributed by atoms with Crippen LogP contribution in [0.4, 0.5) is 5.13 Å². The zero-order valence-corrected chi connectivity index (χ0v) is 15.8. The van der Waals surface area contributed by atoms with Gasteiger partial charge < -0.3 is 0 Å². The molecule has 1 N–H and O–H groups in total. The van der Waals surface area contributed by atoms with Crippen LogP contribution in [0, 0.1) is 0 Å². The van der Waals surface area contributed by atoms with Crippen molar-refractivity contribution in [2.75, 3.05) is 5.32 Å². The lowest BCUT2D eigenvalue weighted by atomic mass is 9.99. The number of hydrogen-bond donors (Lipinski definition) is 1. The molecular weight excluding hydrogens is 342 g/mol. The maximum atomic E-state index is 12.7. The van der Waals surface area contributed by atoms with Gasteiger partial charge in [-0.3, -0.25) is 10.1 Å². The molecule has 0 spiro atoms. The summed E-state index contributed by atoms with van der Waals surface area (Å²) in [6, 6.07) is 17.9. The second-order valence-electron chi connectivity index (χ2n) is 6.23. The van der Waals surface area contributed by atoms with E-state index >= 15 is 0 Å². The molecule has 26 heavy (non-hydrogen) atoms. The molecule has 4 nitrogen and oxygen atoms in total. The molecule has 0 unspecified atom stereocenters. The van der Waals surface area contributed by atoms with E-state index in [1.54, 1.807) is 0 Å². The Balaban J connectivity index is 1.68. The van der Waals surface area contributed by atoms with E-state index in [4.69, 9.17) is 0 Å². The number of amides is 1. The summed E-state index contributed by atoms with van der Waals surface area (Å²) in [5.74, 6) is -0.132. The van der Waals surface area contributed by atoms with Gasteiger partial charge in [-0.05, 0) is 30.0 Å². The largest absolute Gasteiger partial charge is 0.296 e. The highest BCUT2D eigenvalue weighted by molar-refractivity contribution is 7.15. The molecule has 0 radical (unpaired) electrons. The Hall–Kier alpha value is -2.53. The predicted molar refractivity (Wildman–Crippen MR) is 107 cm³/mol. The van der Waals surface area contributed by atoms with Crippen LogP contribution >= 0.6 is 11.3 Å². The van der Waals surface area contributed by atoms with Crippen molar-refractivity contribution in [2.24, 2.45) is 0 Å². The molecule has 0 fully saturated rings. The first-order valence-electron chi connectivity index (χ1n) is 9.02. The number of anilines is 1. The summed E-state index contributed by atoms with van der Waals surface area (Å²) >= 11 is 1.46. The standard InChI is InChI=1S/C21H23N3OS/c1-2-3-5-14-19-23-24-21(26-19)22-20(25)18-13-9-8-12-17(18)15-16-10-6-4-7-11-16/h4,6-13H,2-3,5,14-15H2,1H3,(H,22,24,25). The minimum absolute atomic E-state index is 0.132. The van der Waals surface area contributed by atoms with E-state index in [1.807, 2.05) is 42.5 Å². The van der Waals surface area contributed by atoms with Gasteiger partial charge >= 0.3 is 0 Å². The van der Waals surface area contributed by atoms with E-state index in [2.05, 4.69) is 34.6 Å². The van der Waals surface area contributed by atoms with Gasteiger partial charge in [0, 0.05) is 12.0 Å². The number of carbonyl (C=O) groups is 1. The molecule has 3 aromatic rings. The van der Waals surface area contributed by atoms with Gasteiger partial charge in [0.2, 0.25) is 5.13 Å². The van der Waals surface area contributed by atoms with E-state index in [0.717, 1.165) is 29.8 Å². The second-order valence-corrected chi connectivity index (χ2v) is 7.29. The molecule has 0 atom stereocenters. The van der Waals surface area contributed by atoms with E-state index in [9.17, 15) is 4.79 Å². The number of benzene rings is 2. The summed E-state index contributed by atoms with van der Waals surface area (Å²) < 4.78 is 0. The first-order valence-corrected chi connectivity index (χ1v) is 9.83. The maximum Gasteiger partial charge on any atom is 0.257 e. The lowest BCUT2D eigenvalue weighted by Gasteiger charge is -2.09. The van der Waals surface area contributed by atoms with Crippen LogP contribution in [0.15, 0.2) is 54.6 Å². The molecule has 1 heterocycles. The number of nitrogens with one attached hydrogen (secondary N) is 1. The molecule has 0 aliphatic carbocycles. The Kier molecular flexibility index (Phi) is 6.50. The normalized spacial score (nSPS) is 10.7. The van der Waals surface area contributed by atoms with Gasteiger partial charge in [0.05, 0.1) is 0 Å². The third kappa shape index (κ3) is 4.99. The average molecular weight is 366 g/mol. The minimum atomic E-state index is -0.132. The number of carbonyl (C=O) groups excluding carboxylic acids is 1. The third-order valence-corrected chi connectivity index (χ3v) is 5.08. The maximum absolute atomic E-state index is 12.7. The fraction of sp³-hybridized carbons (Fsp3) is 0.286. The molecule has 134 valence electrons. The SMILES string of the molecule is CCCCCc1nnc(NC(=O)c2ccccc2Cc2ccccc2)s1. The number of aromatic nitrogens is 2. The first kappa shape index (κ1) is 18.3. The molecule has 0 aliphatic heterocycles. The monoisotopic (exact) mass is 365 g/mol. The van der Waals surface area contributed by atoms with Gasteiger partial charge in [-0.2, -0.15) is 0 Å². The van der Waals surface area contributed by atoms with Crippen molar-refractivity contribution >= 4 is 22.4 Å². The average Bonchev–Trinajstić information content (AvgIpc) is 3.10. The molecule has 0 saturated heterocycles. The molecule has 1 aromatic heterocycles. The Morgan fingerprint density at radius 3 is 2.58 bits per heavy atom. The van der Waals surface area contributed by atoms with Crippen molar-refractivity contribution in [2.45, 2.75) is 39.0 Å². The molecule has 2 aromatic carbocycles. The Morgan fingerprint density at radius 1 is 1.00 bits per heavy atom. The molecular formula is C21H23N3OS. The van der Waals surface area contributed by atoms with Gasteiger partial charge in [0.1, 0.15) is 5.01 Å². The molecule has 5 heteroatoms. The van der Waals surface area contributed by atoms with Crippen LogP contribution in [0.5, 0.6) is 0 Å². The molecule has 3 rings (SSSR count). The summed E-state index contributed by atoms with van der Waals surface area (Å²) in [4.78, 5) is 12.7. The van der Waals surface area contributed by atoms with Crippen LogP contribution in [0.1, 0.15) is 52.7 Å². The quantitative estimate of drug-likeness (QED) is 0.564. The van der Waals surface area contributed by atoms with Crippen LogP contribution in [-0.4, -0.2) is 16.1 Å². The highest BCUT2D eigenvalue weighted by Crippen LogP contribution is 2.20. The number of unbranched alkanes of at least 4 members (excludes halogenated alkanes) is 2. The minimum Gasteiger partial charge on any atom is -0.296 e. The fourth-order valence-electron chi connectivity index (χ4n) is 2.81. The molecule has 0 saturated carbocycles. The van der Waals surface area contributed by atoms with Crippen molar-refractivity contribution in [3.05, 3.63) is 76.3 Å². The smallest absolute Gasteiger partial charge is 0.257 e. The third-order valence-electron chi connectivity index (χ3n) is 4.18. The van der Waals surface area contributed by atoms with Gasteiger partial charge in [-0.15, -0.1) is 10.2 Å².